The average Bonchev–Trinajstić information content (AvgIpc) is 2.77. The molecule has 1 aromatic heterocycles. The van der Waals surface area contributed by atoms with Crippen LogP contribution in [0.4, 0.5) is 5.82 Å². The van der Waals surface area contributed by atoms with Gasteiger partial charge in [0.1, 0.15) is 18.7 Å². The Morgan fingerprint density at radius 1 is 1.48 bits per heavy atom. The van der Waals surface area contributed by atoms with E-state index in [0.29, 0.717) is 12.2 Å². The maximum Gasteiger partial charge on any atom is 0.323 e. The van der Waals surface area contributed by atoms with Crippen LogP contribution in [0.25, 0.3) is 0 Å². The van der Waals surface area contributed by atoms with Gasteiger partial charge in [0.15, 0.2) is 9.84 Å². The normalized spacial score (nSPS) is 20.3. The third kappa shape index (κ3) is 4.13. The molecule has 0 aliphatic carbocycles. The molecule has 1 fully saturated rings. The van der Waals surface area contributed by atoms with Crippen molar-refractivity contribution in [2.75, 3.05) is 23.0 Å². The van der Waals surface area contributed by atoms with E-state index < -0.39 is 15.8 Å². The van der Waals surface area contributed by atoms with Crippen LogP contribution in [0.2, 0.25) is 0 Å². The number of carbonyl (C=O) groups is 1. The standard InChI is InChI=1S/C13H19N3O4S/c1-2-3-10-6-12(15-9-14-10)16(7-13(17)18)11-4-5-21(19,20)8-11/h6,9,11H,2-5,7-8H2,1H3,(H,17,18). The monoisotopic (exact) mass is 313 g/mol. The quantitative estimate of drug-likeness (QED) is 0.816. The van der Waals surface area contributed by atoms with E-state index in [0.717, 1.165) is 18.5 Å². The number of rotatable bonds is 6. The number of aryl methyl sites for hydroxylation is 1. The van der Waals surface area contributed by atoms with Crippen molar-refractivity contribution < 1.29 is 18.3 Å². The maximum absolute atomic E-state index is 11.6. The van der Waals surface area contributed by atoms with Gasteiger partial charge in [-0.1, -0.05) is 13.3 Å². The van der Waals surface area contributed by atoms with E-state index in [1.165, 1.54) is 6.33 Å². The molecule has 2 heterocycles. The number of carboxylic acid groups (broad SMARTS) is 1. The Bertz CT molecular complexity index is 618. The van der Waals surface area contributed by atoms with Crippen LogP contribution in [0, 0.1) is 0 Å². The number of anilines is 1. The van der Waals surface area contributed by atoms with Gasteiger partial charge in [-0.2, -0.15) is 0 Å². The number of sulfone groups is 1. The molecule has 1 saturated heterocycles. The Balaban J connectivity index is 2.27. The van der Waals surface area contributed by atoms with Gasteiger partial charge in [0.25, 0.3) is 0 Å². The molecule has 116 valence electrons. The van der Waals surface area contributed by atoms with Gasteiger partial charge in [-0.3, -0.25) is 4.79 Å². The Labute approximate surface area is 123 Å². The lowest BCUT2D eigenvalue weighted by molar-refractivity contribution is -0.135. The first-order valence-electron chi connectivity index (χ1n) is 6.91. The lowest BCUT2D eigenvalue weighted by Gasteiger charge is -2.27. The minimum atomic E-state index is -3.08. The second-order valence-electron chi connectivity index (χ2n) is 5.20. The van der Waals surface area contributed by atoms with Crippen LogP contribution in [0.15, 0.2) is 12.4 Å². The van der Waals surface area contributed by atoms with Crippen LogP contribution in [-0.4, -0.2) is 53.6 Å². The Morgan fingerprint density at radius 3 is 2.81 bits per heavy atom. The molecule has 21 heavy (non-hydrogen) atoms. The van der Waals surface area contributed by atoms with Crippen LogP contribution in [-0.2, 0) is 21.1 Å². The highest BCUT2D eigenvalue weighted by Gasteiger charge is 2.34. The minimum Gasteiger partial charge on any atom is -0.480 e. The summed E-state index contributed by atoms with van der Waals surface area (Å²) in [5, 5.41) is 9.07. The molecule has 7 nitrogen and oxygen atoms in total. The summed E-state index contributed by atoms with van der Waals surface area (Å²) in [6.07, 6.45) is 3.54. The number of aliphatic carboxylic acids is 1. The topological polar surface area (TPSA) is 100 Å². The molecule has 1 unspecified atom stereocenters. The predicted molar refractivity (Wildman–Crippen MR) is 78.1 cm³/mol. The van der Waals surface area contributed by atoms with Crippen LogP contribution >= 0.6 is 0 Å². The third-order valence-corrected chi connectivity index (χ3v) is 5.21. The SMILES string of the molecule is CCCc1cc(N(CC(=O)O)C2CCS(=O)(=O)C2)ncn1. The predicted octanol–water partition coefficient (Wildman–Crippen LogP) is 0.507. The molecule has 0 aromatic carbocycles. The highest BCUT2D eigenvalue weighted by atomic mass is 32.2. The zero-order valence-corrected chi connectivity index (χ0v) is 12.7. The summed E-state index contributed by atoms with van der Waals surface area (Å²) in [7, 11) is -3.08. The summed E-state index contributed by atoms with van der Waals surface area (Å²) in [5.41, 5.74) is 0.832. The van der Waals surface area contributed by atoms with E-state index in [1.807, 2.05) is 6.92 Å². The number of carboxylic acids is 1. The van der Waals surface area contributed by atoms with Crippen molar-refractivity contribution in [3.05, 3.63) is 18.1 Å². The summed E-state index contributed by atoms with van der Waals surface area (Å²) < 4.78 is 23.3. The second-order valence-corrected chi connectivity index (χ2v) is 7.42. The molecule has 8 heteroatoms. The van der Waals surface area contributed by atoms with Crippen molar-refractivity contribution >= 4 is 21.6 Å². The zero-order chi connectivity index (χ0) is 15.5. The number of hydrogen-bond donors (Lipinski definition) is 1. The second kappa shape index (κ2) is 6.38. The highest BCUT2D eigenvalue weighted by molar-refractivity contribution is 7.91. The Morgan fingerprint density at radius 2 is 2.24 bits per heavy atom. The first-order valence-corrected chi connectivity index (χ1v) is 8.73. The van der Waals surface area contributed by atoms with Gasteiger partial charge in [-0.15, -0.1) is 0 Å². The number of hydrogen-bond acceptors (Lipinski definition) is 6. The van der Waals surface area contributed by atoms with Gasteiger partial charge in [-0.25, -0.2) is 18.4 Å². The van der Waals surface area contributed by atoms with Crippen molar-refractivity contribution in [3.8, 4) is 0 Å². The fourth-order valence-corrected chi connectivity index (χ4v) is 4.23. The number of nitrogens with zero attached hydrogens (tertiary/aromatic N) is 3. The van der Waals surface area contributed by atoms with Crippen LogP contribution in [0.5, 0.6) is 0 Å². The van der Waals surface area contributed by atoms with Crippen molar-refractivity contribution in [2.24, 2.45) is 0 Å². The molecule has 0 radical (unpaired) electrons. The van der Waals surface area contributed by atoms with E-state index in [-0.39, 0.29) is 24.1 Å². The molecule has 1 aromatic rings. The van der Waals surface area contributed by atoms with E-state index in [2.05, 4.69) is 9.97 Å². The zero-order valence-electron chi connectivity index (χ0n) is 11.9. The summed E-state index contributed by atoms with van der Waals surface area (Å²) in [6.45, 7) is 1.77. The van der Waals surface area contributed by atoms with Crippen molar-refractivity contribution in [3.63, 3.8) is 0 Å². The molecule has 1 aliphatic rings. The van der Waals surface area contributed by atoms with E-state index in [9.17, 15) is 13.2 Å². The molecule has 2 rings (SSSR count). The third-order valence-electron chi connectivity index (χ3n) is 3.46. The smallest absolute Gasteiger partial charge is 0.323 e. The lowest BCUT2D eigenvalue weighted by Crippen LogP contribution is -2.40. The summed E-state index contributed by atoms with van der Waals surface area (Å²) in [5.74, 6) is -0.443. The number of aromatic nitrogens is 2. The van der Waals surface area contributed by atoms with E-state index >= 15 is 0 Å². The molecule has 0 amide bonds. The first kappa shape index (κ1) is 15.7. The van der Waals surface area contributed by atoms with E-state index in [4.69, 9.17) is 5.11 Å². The van der Waals surface area contributed by atoms with Crippen molar-refractivity contribution in [1.29, 1.82) is 0 Å². The molecule has 0 spiro atoms. The molecule has 1 aliphatic heterocycles. The molecule has 1 N–H and O–H groups in total. The average molecular weight is 313 g/mol. The molecule has 1 atom stereocenters. The summed E-state index contributed by atoms with van der Waals surface area (Å²) in [6, 6.07) is 1.41. The largest absolute Gasteiger partial charge is 0.480 e. The fraction of sp³-hybridized carbons (Fsp3) is 0.615. The van der Waals surface area contributed by atoms with Crippen LogP contribution < -0.4 is 4.90 Å². The van der Waals surface area contributed by atoms with Gasteiger partial charge in [0.05, 0.1) is 11.5 Å². The molecular formula is C13H19N3O4S. The van der Waals surface area contributed by atoms with Gasteiger partial charge < -0.3 is 10.0 Å². The summed E-state index contributed by atoms with van der Waals surface area (Å²) >= 11 is 0. The maximum atomic E-state index is 11.6. The first-order chi connectivity index (χ1) is 9.91. The van der Waals surface area contributed by atoms with Crippen LogP contribution in [0.3, 0.4) is 0 Å². The lowest BCUT2D eigenvalue weighted by atomic mass is 10.2. The summed E-state index contributed by atoms with van der Waals surface area (Å²) in [4.78, 5) is 20.9. The van der Waals surface area contributed by atoms with Gasteiger partial charge in [0, 0.05) is 17.8 Å². The van der Waals surface area contributed by atoms with Gasteiger partial charge in [-0.05, 0) is 12.8 Å². The fourth-order valence-electron chi connectivity index (χ4n) is 2.50. The molecular weight excluding hydrogens is 294 g/mol. The van der Waals surface area contributed by atoms with Crippen molar-refractivity contribution in [1.82, 2.24) is 9.97 Å². The van der Waals surface area contributed by atoms with E-state index in [1.54, 1.807) is 11.0 Å². The molecule has 0 saturated carbocycles. The van der Waals surface area contributed by atoms with Crippen LogP contribution in [0.1, 0.15) is 25.5 Å². The molecule has 0 bridgehead atoms. The van der Waals surface area contributed by atoms with Gasteiger partial charge >= 0.3 is 5.97 Å². The van der Waals surface area contributed by atoms with Crippen molar-refractivity contribution in [2.45, 2.75) is 32.2 Å². The Kier molecular flexibility index (Phi) is 4.76. The minimum absolute atomic E-state index is 0.0204. The Hall–Kier alpha value is -1.70. The van der Waals surface area contributed by atoms with Gasteiger partial charge in [0.2, 0.25) is 0 Å². The highest BCUT2D eigenvalue weighted by Crippen LogP contribution is 2.23.